The van der Waals surface area contributed by atoms with Crippen molar-refractivity contribution in [2.75, 3.05) is 18.5 Å². The van der Waals surface area contributed by atoms with E-state index < -0.39 is 0 Å². The van der Waals surface area contributed by atoms with Gasteiger partial charge in [-0.25, -0.2) is 4.39 Å². The monoisotopic (exact) mass is 278 g/mol. The van der Waals surface area contributed by atoms with Gasteiger partial charge in [-0.05, 0) is 56.8 Å². The minimum Gasteiger partial charge on any atom is -0.369 e. The minimum atomic E-state index is -0.0934. The second-order valence-corrected chi connectivity index (χ2v) is 6.66. The van der Waals surface area contributed by atoms with Gasteiger partial charge in [0.05, 0.1) is 0 Å². The summed E-state index contributed by atoms with van der Waals surface area (Å²) >= 11 is 0. The Morgan fingerprint density at radius 3 is 2.75 bits per heavy atom. The van der Waals surface area contributed by atoms with Crippen molar-refractivity contribution in [1.82, 2.24) is 5.32 Å². The average Bonchev–Trinajstić information content (AvgIpc) is 2.37. The SMILES string of the molecule is CCCNCc1cc2c(cc1F)N(C)C(C)(C)C[C@@H]2C. The number of halogens is 1. The maximum absolute atomic E-state index is 14.3. The van der Waals surface area contributed by atoms with Crippen molar-refractivity contribution in [2.45, 2.75) is 58.5 Å². The molecule has 0 aliphatic carbocycles. The van der Waals surface area contributed by atoms with Crippen LogP contribution in [-0.2, 0) is 6.54 Å². The Balaban J connectivity index is 2.33. The molecule has 1 heterocycles. The van der Waals surface area contributed by atoms with Gasteiger partial charge < -0.3 is 10.2 Å². The molecule has 1 N–H and O–H groups in total. The van der Waals surface area contributed by atoms with E-state index in [2.05, 4.69) is 51.0 Å². The van der Waals surface area contributed by atoms with E-state index in [0.717, 1.165) is 30.6 Å². The Morgan fingerprint density at radius 1 is 1.40 bits per heavy atom. The third-order valence-corrected chi connectivity index (χ3v) is 4.54. The predicted molar refractivity (Wildman–Crippen MR) is 83.9 cm³/mol. The first-order valence-corrected chi connectivity index (χ1v) is 7.63. The number of rotatable bonds is 4. The highest BCUT2D eigenvalue weighted by Gasteiger charge is 2.34. The van der Waals surface area contributed by atoms with Gasteiger partial charge in [0.2, 0.25) is 0 Å². The zero-order valence-electron chi connectivity index (χ0n) is 13.4. The highest BCUT2D eigenvalue weighted by atomic mass is 19.1. The molecule has 1 aromatic carbocycles. The van der Waals surface area contributed by atoms with Gasteiger partial charge in [0.15, 0.2) is 0 Å². The molecule has 1 aliphatic heterocycles. The Labute approximate surface area is 122 Å². The quantitative estimate of drug-likeness (QED) is 0.836. The first kappa shape index (κ1) is 15.3. The maximum atomic E-state index is 14.3. The molecule has 2 nitrogen and oxygen atoms in total. The Bertz CT molecular complexity index is 482. The topological polar surface area (TPSA) is 15.3 Å². The van der Waals surface area contributed by atoms with Gasteiger partial charge in [-0.3, -0.25) is 0 Å². The summed E-state index contributed by atoms with van der Waals surface area (Å²) < 4.78 is 14.3. The van der Waals surface area contributed by atoms with E-state index in [1.807, 2.05) is 0 Å². The molecule has 0 saturated heterocycles. The summed E-state index contributed by atoms with van der Waals surface area (Å²) in [5, 5.41) is 3.29. The molecule has 0 radical (unpaired) electrons. The molecule has 0 amide bonds. The number of nitrogens with one attached hydrogen (secondary N) is 1. The van der Waals surface area contributed by atoms with Gasteiger partial charge in [0.1, 0.15) is 5.82 Å². The van der Waals surface area contributed by atoms with Crippen LogP contribution in [0.2, 0.25) is 0 Å². The number of fused-ring (bicyclic) bond motifs is 1. The summed E-state index contributed by atoms with van der Waals surface area (Å²) in [6, 6.07) is 3.78. The molecule has 0 saturated carbocycles. The van der Waals surface area contributed by atoms with Crippen LogP contribution in [0.1, 0.15) is 57.6 Å². The van der Waals surface area contributed by atoms with Gasteiger partial charge in [0, 0.05) is 30.4 Å². The first-order valence-electron chi connectivity index (χ1n) is 7.63. The molecular weight excluding hydrogens is 251 g/mol. The molecule has 0 unspecified atom stereocenters. The lowest BCUT2D eigenvalue weighted by atomic mass is 9.80. The van der Waals surface area contributed by atoms with Crippen molar-refractivity contribution in [3.63, 3.8) is 0 Å². The molecule has 2 rings (SSSR count). The first-order chi connectivity index (χ1) is 9.36. The summed E-state index contributed by atoms with van der Waals surface area (Å²) in [6.45, 7) is 10.4. The van der Waals surface area contributed by atoms with E-state index in [1.165, 1.54) is 5.56 Å². The summed E-state index contributed by atoms with van der Waals surface area (Å²) in [6.07, 6.45) is 2.17. The van der Waals surface area contributed by atoms with Gasteiger partial charge >= 0.3 is 0 Å². The van der Waals surface area contributed by atoms with Gasteiger partial charge in [-0.2, -0.15) is 0 Å². The zero-order chi connectivity index (χ0) is 14.9. The number of anilines is 1. The van der Waals surface area contributed by atoms with E-state index in [-0.39, 0.29) is 11.4 Å². The van der Waals surface area contributed by atoms with Gasteiger partial charge in [-0.1, -0.05) is 13.8 Å². The van der Waals surface area contributed by atoms with Crippen molar-refractivity contribution >= 4 is 5.69 Å². The van der Waals surface area contributed by atoms with Gasteiger partial charge in [-0.15, -0.1) is 0 Å². The predicted octanol–water partition coefficient (Wildman–Crippen LogP) is 4.05. The summed E-state index contributed by atoms with van der Waals surface area (Å²) in [5.74, 6) is 0.380. The number of nitrogens with zero attached hydrogens (tertiary/aromatic N) is 1. The second-order valence-electron chi connectivity index (χ2n) is 6.66. The van der Waals surface area contributed by atoms with E-state index >= 15 is 0 Å². The molecular formula is C17H27FN2. The maximum Gasteiger partial charge on any atom is 0.129 e. The molecule has 0 bridgehead atoms. The molecule has 3 heteroatoms. The minimum absolute atomic E-state index is 0.0842. The molecule has 0 fully saturated rings. The number of benzene rings is 1. The lowest BCUT2D eigenvalue weighted by Gasteiger charge is -2.45. The van der Waals surface area contributed by atoms with Crippen molar-refractivity contribution < 1.29 is 4.39 Å². The lowest BCUT2D eigenvalue weighted by Crippen LogP contribution is -2.45. The average molecular weight is 278 g/mol. The lowest BCUT2D eigenvalue weighted by molar-refractivity contribution is 0.393. The fourth-order valence-electron chi connectivity index (χ4n) is 3.17. The van der Waals surface area contributed by atoms with Crippen LogP contribution >= 0.6 is 0 Å². The van der Waals surface area contributed by atoms with Crippen LogP contribution < -0.4 is 10.2 Å². The standard InChI is InChI=1S/C17H27FN2/c1-6-7-19-11-13-8-14-12(2)10-17(3,4)20(5)16(14)9-15(13)18/h8-9,12,19H,6-7,10-11H2,1-5H3/t12-/m0/s1. The second kappa shape index (κ2) is 5.72. The van der Waals surface area contributed by atoms with E-state index in [0.29, 0.717) is 12.5 Å². The Hall–Kier alpha value is -1.09. The molecule has 0 spiro atoms. The molecule has 20 heavy (non-hydrogen) atoms. The molecule has 0 aromatic heterocycles. The third-order valence-electron chi connectivity index (χ3n) is 4.54. The van der Waals surface area contributed by atoms with Crippen LogP contribution in [-0.4, -0.2) is 19.1 Å². The summed E-state index contributed by atoms with van der Waals surface area (Å²) in [4.78, 5) is 2.22. The summed E-state index contributed by atoms with van der Waals surface area (Å²) in [5.41, 5.74) is 3.20. The highest BCUT2D eigenvalue weighted by Crippen LogP contribution is 2.43. The molecule has 1 atom stereocenters. The van der Waals surface area contributed by atoms with Crippen LogP contribution in [0.15, 0.2) is 12.1 Å². The molecule has 112 valence electrons. The van der Waals surface area contributed by atoms with Crippen molar-refractivity contribution in [3.8, 4) is 0 Å². The fourth-order valence-corrected chi connectivity index (χ4v) is 3.17. The van der Waals surface area contributed by atoms with E-state index in [1.54, 1.807) is 6.07 Å². The van der Waals surface area contributed by atoms with E-state index in [9.17, 15) is 4.39 Å². The largest absolute Gasteiger partial charge is 0.369 e. The molecule has 1 aliphatic rings. The van der Waals surface area contributed by atoms with Crippen LogP contribution in [0.4, 0.5) is 10.1 Å². The van der Waals surface area contributed by atoms with Crippen molar-refractivity contribution in [3.05, 3.63) is 29.1 Å². The Morgan fingerprint density at radius 2 is 2.10 bits per heavy atom. The van der Waals surface area contributed by atoms with Gasteiger partial charge in [0.25, 0.3) is 0 Å². The third kappa shape index (κ3) is 2.83. The van der Waals surface area contributed by atoms with Crippen LogP contribution in [0, 0.1) is 5.82 Å². The summed E-state index contributed by atoms with van der Waals surface area (Å²) in [7, 11) is 2.07. The smallest absolute Gasteiger partial charge is 0.129 e. The molecule has 1 aromatic rings. The van der Waals surface area contributed by atoms with Crippen LogP contribution in [0.3, 0.4) is 0 Å². The fraction of sp³-hybridized carbons (Fsp3) is 0.647. The number of hydrogen-bond acceptors (Lipinski definition) is 2. The van der Waals surface area contributed by atoms with Crippen LogP contribution in [0.25, 0.3) is 0 Å². The zero-order valence-corrected chi connectivity index (χ0v) is 13.4. The number of hydrogen-bond donors (Lipinski definition) is 1. The van der Waals surface area contributed by atoms with Crippen LogP contribution in [0.5, 0.6) is 0 Å². The van der Waals surface area contributed by atoms with E-state index in [4.69, 9.17) is 0 Å². The highest BCUT2D eigenvalue weighted by molar-refractivity contribution is 5.60. The van der Waals surface area contributed by atoms with Crippen molar-refractivity contribution in [2.24, 2.45) is 0 Å². The van der Waals surface area contributed by atoms with Crippen molar-refractivity contribution in [1.29, 1.82) is 0 Å². The Kier molecular flexibility index (Phi) is 4.38. The normalized spacial score (nSPS) is 20.9.